The minimum Gasteiger partial charge on any atom is -0.329 e. The Morgan fingerprint density at radius 2 is 1.16 bits per heavy atom. The molecule has 116 valence electrons. The predicted octanol–water partition coefficient (Wildman–Crippen LogP) is 4.57. The van der Waals surface area contributed by atoms with E-state index >= 15 is 0 Å². The van der Waals surface area contributed by atoms with Crippen LogP contribution in [0.25, 0.3) is 0 Å². The van der Waals surface area contributed by atoms with Crippen molar-refractivity contribution in [2.75, 3.05) is 32.2 Å². The molecular formula is C9H23O5P3S2. The summed E-state index contributed by atoms with van der Waals surface area (Å²) in [5.41, 5.74) is 0. The fraction of sp³-hybridized carbons (Fsp3) is 1.00. The summed E-state index contributed by atoms with van der Waals surface area (Å²) in [7, 11) is -3.39. The summed E-state index contributed by atoms with van der Waals surface area (Å²) < 4.78 is 34.2. The average molecular weight is 368 g/mol. The first-order valence-corrected chi connectivity index (χ1v) is 13.8. The summed E-state index contributed by atoms with van der Waals surface area (Å²) in [4.78, 5) is 0. The zero-order chi connectivity index (χ0) is 15.2. The maximum absolute atomic E-state index is 12.4. The Balaban J connectivity index is 4.93. The van der Waals surface area contributed by atoms with Gasteiger partial charge in [-0.05, 0) is 37.5 Å². The molecule has 0 N–H and O–H groups in total. The van der Waals surface area contributed by atoms with Gasteiger partial charge in [-0.25, -0.2) is 0 Å². The third kappa shape index (κ3) is 7.80. The molecule has 0 aliphatic heterocycles. The first-order valence-electron chi connectivity index (χ1n) is 6.13. The SMILES string of the molecule is CCOP(=S)(CC)OP(C)(=O)OP(=S)(CC)OCC. The Bertz CT molecular complexity index is 381. The molecule has 0 radical (unpaired) electrons. The zero-order valence-electron chi connectivity index (χ0n) is 12.0. The lowest BCUT2D eigenvalue weighted by atomic mass is 10.9. The van der Waals surface area contributed by atoms with E-state index < -0.39 is 20.6 Å². The summed E-state index contributed by atoms with van der Waals surface area (Å²) in [5, 5.41) is 0. The van der Waals surface area contributed by atoms with Crippen LogP contribution in [0.1, 0.15) is 27.7 Å². The normalized spacial score (nSPS) is 21.3. The van der Waals surface area contributed by atoms with Crippen LogP contribution in [0.2, 0.25) is 0 Å². The van der Waals surface area contributed by atoms with Gasteiger partial charge in [-0.3, -0.25) is 13.2 Å². The van der Waals surface area contributed by atoms with Gasteiger partial charge in [0.2, 0.25) is 0 Å². The lowest BCUT2D eigenvalue weighted by molar-refractivity contribution is 0.298. The predicted molar refractivity (Wildman–Crippen MR) is 88.6 cm³/mol. The molecule has 0 aromatic heterocycles. The van der Waals surface area contributed by atoms with Crippen LogP contribution in [-0.2, 0) is 45.8 Å². The number of rotatable bonds is 10. The van der Waals surface area contributed by atoms with Crippen molar-refractivity contribution >= 4 is 44.2 Å². The van der Waals surface area contributed by atoms with Crippen molar-refractivity contribution in [2.24, 2.45) is 0 Å². The van der Waals surface area contributed by atoms with Crippen LogP contribution < -0.4 is 0 Å². The van der Waals surface area contributed by atoms with Crippen LogP contribution in [0.3, 0.4) is 0 Å². The molecule has 0 rings (SSSR count). The van der Waals surface area contributed by atoms with Gasteiger partial charge in [-0.2, -0.15) is 0 Å². The van der Waals surface area contributed by atoms with Crippen LogP contribution in [0.15, 0.2) is 0 Å². The highest BCUT2D eigenvalue weighted by Crippen LogP contribution is 2.70. The van der Waals surface area contributed by atoms with Gasteiger partial charge in [-0.15, -0.1) is 0 Å². The molecule has 0 heterocycles. The van der Waals surface area contributed by atoms with E-state index in [1.807, 2.05) is 27.7 Å². The van der Waals surface area contributed by atoms with Crippen LogP contribution in [0.5, 0.6) is 0 Å². The Labute approximate surface area is 126 Å². The minimum atomic E-state index is -3.39. The Kier molecular flexibility index (Phi) is 9.35. The molecule has 0 bridgehead atoms. The van der Waals surface area contributed by atoms with Crippen LogP contribution in [0.4, 0.5) is 0 Å². The second-order valence-electron chi connectivity index (χ2n) is 3.62. The third-order valence-electron chi connectivity index (χ3n) is 1.97. The summed E-state index contributed by atoms with van der Waals surface area (Å²) in [6.07, 6.45) is 0.974. The van der Waals surface area contributed by atoms with Gasteiger partial charge in [0.05, 0.1) is 13.2 Å². The molecule has 2 atom stereocenters. The lowest BCUT2D eigenvalue weighted by Crippen LogP contribution is -2.01. The van der Waals surface area contributed by atoms with Gasteiger partial charge in [0, 0.05) is 19.0 Å². The molecule has 0 aromatic carbocycles. The molecule has 10 heteroatoms. The van der Waals surface area contributed by atoms with Gasteiger partial charge in [-0.1, -0.05) is 13.8 Å². The summed E-state index contributed by atoms with van der Waals surface area (Å²) in [5.74, 6) is 0. The van der Waals surface area contributed by atoms with Crippen molar-refractivity contribution < 1.29 is 22.2 Å². The molecular weight excluding hydrogens is 345 g/mol. The lowest BCUT2D eigenvalue weighted by Gasteiger charge is -2.28. The fourth-order valence-electron chi connectivity index (χ4n) is 1.21. The van der Waals surface area contributed by atoms with Crippen molar-refractivity contribution in [3.05, 3.63) is 0 Å². The van der Waals surface area contributed by atoms with Crippen LogP contribution in [-0.4, -0.2) is 32.2 Å². The molecule has 2 unspecified atom stereocenters. The topological polar surface area (TPSA) is 54.0 Å². The van der Waals surface area contributed by atoms with E-state index in [-0.39, 0.29) is 0 Å². The second kappa shape index (κ2) is 8.73. The summed E-state index contributed by atoms with van der Waals surface area (Å²) in [6, 6.07) is 0. The van der Waals surface area contributed by atoms with E-state index in [2.05, 4.69) is 0 Å². The van der Waals surface area contributed by atoms with Gasteiger partial charge in [0.25, 0.3) is 0 Å². The first kappa shape index (κ1) is 20.4. The summed E-state index contributed by atoms with van der Waals surface area (Å²) >= 11 is 10.6. The standard InChI is InChI=1S/C9H23O5P3S2/c1-6-11-16(18,8-3)13-15(5,10)14-17(19,9-4)12-7-2/h6-9H2,1-5H3. The van der Waals surface area contributed by atoms with Crippen molar-refractivity contribution in [3.63, 3.8) is 0 Å². The molecule has 0 aromatic rings. The van der Waals surface area contributed by atoms with E-state index in [1.54, 1.807) is 0 Å². The Morgan fingerprint density at radius 1 is 0.842 bits per heavy atom. The monoisotopic (exact) mass is 368 g/mol. The Morgan fingerprint density at radius 3 is 1.37 bits per heavy atom. The van der Waals surface area contributed by atoms with Crippen LogP contribution >= 0.6 is 20.6 Å². The molecule has 0 amide bonds. The van der Waals surface area contributed by atoms with Gasteiger partial charge < -0.3 is 9.05 Å². The van der Waals surface area contributed by atoms with E-state index in [9.17, 15) is 4.57 Å². The highest BCUT2D eigenvalue weighted by molar-refractivity contribution is 8.13. The number of hydrogen-bond donors (Lipinski definition) is 0. The maximum Gasteiger partial charge on any atom is 0.338 e. The largest absolute Gasteiger partial charge is 0.338 e. The average Bonchev–Trinajstić information content (AvgIpc) is 2.28. The third-order valence-corrected chi connectivity index (χ3v) is 12.6. The zero-order valence-corrected chi connectivity index (χ0v) is 16.3. The molecule has 0 aliphatic rings. The van der Waals surface area contributed by atoms with Gasteiger partial charge in [0.1, 0.15) is 0 Å². The van der Waals surface area contributed by atoms with E-state index in [1.165, 1.54) is 6.66 Å². The van der Waals surface area contributed by atoms with Crippen molar-refractivity contribution in [3.8, 4) is 0 Å². The van der Waals surface area contributed by atoms with E-state index in [4.69, 9.17) is 41.3 Å². The minimum absolute atomic E-state index is 0.415. The first-order chi connectivity index (χ1) is 8.66. The van der Waals surface area contributed by atoms with Gasteiger partial charge >= 0.3 is 7.60 Å². The second-order valence-corrected chi connectivity index (χ2v) is 14.0. The fourth-order valence-corrected chi connectivity index (χ4v) is 10.5. The molecule has 0 saturated heterocycles. The maximum atomic E-state index is 12.4. The van der Waals surface area contributed by atoms with Gasteiger partial charge in [0.15, 0.2) is 13.0 Å². The molecule has 5 nitrogen and oxygen atoms in total. The molecule has 0 fully saturated rings. The van der Waals surface area contributed by atoms with E-state index in [0.29, 0.717) is 25.5 Å². The molecule has 19 heavy (non-hydrogen) atoms. The molecule has 0 spiro atoms. The molecule has 0 saturated carbocycles. The van der Waals surface area contributed by atoms with E-state index in [0.717, 1.165) is 0 Å². The summed E-state index contributed by atoms with van der Waals surface area (Å²) in [6.45, 7) is 4.37. The van der Waals surface area contributed by atoms with Crippen LogP contribution in [0, 0.1) is 0 Å². The van der Waals surface area contributed by atoms with Crippen molar-refractivity contribution in [2.45, 2.75) is 27.7 Å². The quantitative estimate of drug-likeness (QED) is 0.523. The highest BCUT2D eigenvalue weighted by atomic mass is 32.5. The smallest absolute Gasteiger partial charge is 0.329 e. The molecule has 0 aliphatic carbocycles. The Hall–Kier alpha value is 1.37. The van der Waals surface area contributed by atoms with Crippen molar-refractivity contribution in [1.82, 2.24) is 0 Å². The number of hydrogen-bond acceptors (Lipinski definition) is 7. The van der Waals surface area contributed by atoms with Crippen molar-refractivity contribution in [1.29, 1.82) is 0 Å². The highest BCUT2D eigenvalue weighted by Gasteiger charge is 2.33.